The topological polar surface area (TPSA) is 69.6 Å². The first-order valence-corrected chi connectivity index (χ1v) is 6.37. The number of hydrogen-bond donors (Lipinski definition) is 3. The third kappa shape index (κ3) is 3.80. The predicted molar refractivity (Wildman–Crippen MR) is 74.2 cm³/mol. The number of halogens is 2. The van der Waals surface area contributed by atoms with Crippen molar-refractivity contribution >= 4 is 40.1 Å². The van der Waals surface area contributed by atoms with Crippen molar-refractivity contribution in [3.63, 3.8) is 0 Å². The Balaban J connectivity index is 2.86. The second kappa shape index (κ2) is 5.99. The average Bonchev–Trinajstić information content (AvgIpc) is 2.32. The van der Waals surface area contributed by atoms with Crippen molar-refractivity contribution < 1.29 is 15.0 Å². The highest BCUT2D eigenvalue weighted by Gasteiger charge is 2.25. The lowest BCUT2D eigenvalue weighted by molar-refractivity contribution is 0.0724. The van der Waals surface area contributed by atoms with E-state index in [2.05, 4.69) is 27.9 Å². The summed E-state index contributed by atoms with van der Waals surface area (Å²) in [7, 11) is 0. The molecule has 94 valence electrons. The minimum absolute atomic E-state index is 0.340. The summed E-state index contributed by atoms with van der Waals surface area (Å²) < 4.78 is 0.855. The molecule has 1 aromatic carbocycles. The third-order valence-electron chi connectivity index (χ3n) is 2.30. The molecule has 0 bridgehead atoms. The zero-order chi connectivity index (χ0) is 13.1. The molecule has 1 rings (SSSR count). The van der Waals surface area contributed by atoms with Gasteiger partial charge in [0.2, 0.25) is 0 Å². The largest absolute Gasteiger partial charge is 0.394 e. The molecule has 0 radical (unpaired) electrons. The van der Waals surface area contributed by atoms with Gasteiger partial charge < -0.3 is 15.5 Å². The molecule has 0 saturated heterocycles. The monoisotopic (exact) mass is 369 g/mol. The fourth-order valence-corrected chi connectivity index (χ4v) is 1.63. The summed E-state index contributed by atoms with van der Waals surface area (Å²) in [6, 6.07) is 4.92. The molecule has 0 heterocycles. The molecule has 0 aliphatic rings. The maximum Gasteiger partial charge on any atom is 0.251 e. The van der Waals surface area contributed by atoms with Crippen LogP contribution < -0.4 is 5.32 Å². The van der Waals surface area contributed by atoms with Gasteiger partial charge in [-0.2, -0.15) is 0 Å². The second-order valence-corrected chi connectivity index (χ2v) is 5.53. The van der Waals surface area contributed by atoms with Crippen LogP contribution >= 0.6 is 34.2 Å². The molecule has 0 saturated carbocycles. The molecule has 0 aliphatic carbocycles. The predicted octanol–water partition coefficient (Wildman–Crippen LogP) is 1.42. The summed E-state index contributed by atoms with van der Waals surface area (Å²) in [5.41, 5.74) is -0.643. The summed E-state index contributed by atoms with van der Waals surface area (Å²) in [6.07, 6.45) is 0. The number of hydrogen-bond acceptors (Lipinski definition) is 3. The van der Waals surface area contributed by atoms with Crippen LogP contribution in [0.5, 0.6) is 0 Å². The van der Waals surface area contributed by atoms with E-state index in [9.17, 15) is 4.79 Å². The molecule has 0 aromatic heterocycles. The van der Waals surface area contributed by atoms with Crippen LogP contribution in [0.1, 0.15) is 17.3 Å². The van der Waals surface area contributed by atoms with Crippen molar-refractivity contribution in [2.75, 3.05) is 13.2 Å². The van der Waals surface area contributed by atoms with Crippen LogP contribution in [0.2, 0.25) is 5.02 Å². The van der Waals surface area contributed by atoms with E-state index in [1.165, 1.54) is 0 Å². The van der Waals surface area contributed by atoms with Crippen molar-refractivity contribution in [1.29, 1.82) is 0 Å². The Morgan fingerprint density at radius 3 is 2.53 bits per heavy atom. The maximum absolute atomic E-state index is 11.8. The van der Waals surface area contributed by atoms with E-state index in [1.54, 1.807) is 25.1 Å². The summed E-state index contributed by atoms with van der Waals surface area (Å²) >= 11 is 7.97. The molecule has 3 N–H and O–H groups in total. The van der Waals surface area contributed by atoms with Crippen molar-refractivity contribution in [2.45, 2.75) is 12.5 Å². The Bertz CT molecular complexity index is 421. The van der Waals surface area contributed by atoms with Gasteiger partial charge in [-0.3, -0.25) is 4.79 Å². The molecular weight excluding hydrogens is 356 g/mol. The molecule has 0 atom stereocenters. The Kier molecular flexibility index (Phi) is 5.18. The molecule has 17 heavy (non-hydrogen) atoms. The molecular formula is C11H13ClINO3. The number of rotatable bonds is 4. The number of amides is 1. The van der Waals surface area contributed by atoms with Crippen molar-refractivity contribution in [1.82, 2.24) is 5.32 Å². The third-order valence-corrected chi connectivity index (χ3v) is 3.87. The lowest BCUT2D eigenvalue weighted by Gasteiger charge is -2.26. The van der Waals surface area contributed by atoms with Crippen LogP contribution in [-0.4, -0.2) is 34.9 Å². The van der Waals surface area contributed by atoms with Gasteiger partial charge in [0.1, 0.15) is 0 Å². The normalized spacial score (nSPS) is 11.4. The smallest absolute Gasteiger partial charge is 0.251 e. The molecule has 1 aromatic rings. The Morgan fingerprint density at radius 1 is 1.47 bits per heavy atom. The summed E-state index contributed by atoms with van der Waals surface area (Å²) in [4.78, 5) is 11.8. The number of aliphatic hydroxyl groups excluding tert-OH is 2. The summed E-state index contributed by atoms with van der Waals surface area (Å²) in [6.45, 7) is 0.875. The van der Waals surface area contributed by atoms with Gasteiger partial charge in [-0.1, -0.05) is 11.6 Å². The van der Waals surface area contributed by atoms with E-state index in [0.717, 1.165) is 3.57 Å². The van der Waals surface area contributed by atoms with E-state index in [1.807, 2.05) is 0 Å². The van der Waals surface area contributed by atoms with Crippen LogP contribution in [0.25, 0.3) is 0 Å². The quantitative estimate of drug-likeness (QED) is 0.703. The van der Waals surface area contributed by atoms with Gasteiger partial charge in [-0.05, 0) is 47.7 Å². The SMILES string of the molecule is CC(CO)(CO)NC(=O)c1ccc(I)c(Cl)c1. The highest BCUT2D eigenvalue weighted by atomic mass is 127. The second-order valence-electron chi connectivity index (χ2n) is 3.96. The molecule has 1 amide bonds. The van der Waals surface area contributed by atoms with Crippen molar-refractivity contribution in [2.24, 2.45) is 0 Å². The molecule has 0 spiro atoms. The summed E-state index contributed by atoms with van der Waals surface area (Å²) in [5.74, 6) is -0.381. The lowest BCUT2D eigenvalue weighted by Crippen LogP contribution is -2.51. The number of benzene rings is 1. The van der Waals surface area contributed by atoms with Crippen molar-refractivity contribution in [3.8, 4) is 0 Å². The first-order chi connectivity index (χ1) is 7.91. The van der Waals surface area contributed by atoms with Crippen LogP contribution in [0.4, 0.5) is 0 Å². The molecule has 6 heteroatoms. The van der Waals surface area contributed by atoms with Crippen molar-refractivity contribution in [3.05, 3.63) is 32.4 Å². The van der Waals surface area contributed by atoms with Gasteiger partial charge >= 0.3 is 0 Å². The summed E-state index contributed by atoms with van der Waals surface area (Å²) in [5, 5.41) is 21.2. The zero-order valence-electron chi connectivity index (χ0n) is 9.20. The van der Waals surface area contributed by atoms with Crippen LogP contribution in [-0.2, 0) is 0 Å². The van der Waals surface area contributed by atoms with E-state index < -0.39 is 5.54 Å². The van der Waals surface area contributed by atoms with Gasteiger partial charge in [0.05, 0.1) is 23.8 Å². The number of carbonyl (C=O) groups excluding carboxylic acids is 1. The molecule has 0 unspecified atom stereocenters. The lowest BCUT2D eigenvalue weighted by atomic mass is 10.0. The van der Waals surface area contributed by atoms with E-state index >= 15 is 0 Å². The van der Waals surface area contributed by atoms with Crippen LogP contribution in [0.3, 0.4) is 0 Å². The Morgan fingerprint density at radius 2 is 2.06 bits per heavy atom. The van der Waals surface area contributed by atoms with Crippen LogP contribution in [0, 0.1) is 3.57 Å². The van der Waals surface area contributed by atoms with E-state index in [4.69, 9.17) is 21.8 Å². The van der Waals surface area contributed by atoms with Gasteiger partial charge in [0.15, 0.2) is 0 Å². The highest BCUT2D eigenvalue weighted by Crippen LogP contribution is 2.19. The average molecular weight is 370 g/mol. The Hall–Kier alpha value is -0.370. The van der Waals surface area contributed by atoms with Gasteiger partial charge in [0.25, 0.3) is 5.91 Å². The van der Waals surface area contributed by atoms with Gasteiger partial charge in [-0.25, -0.2) is 0 Å². The number of nitrogens with one attached hydrogen (secondary N) is 1. The first kappa shape index (κ1) is 14.7. The highest BCUT2D eigenvalue weighted by molar-refractivity contribution is 14.1. The Labute approximate surface area is 118 Å². The van der Waals surface area contributed by atoms with E-state index in [-0.39, 0.29) is 19.1 Å². The molecule has 4 nitrogen and oxygen atoms in total. The van der Waals surface area contributed by atoms with Crippen LogP contribution in [0.15, 0.2) is 18.2 Å². The minimum Gasteiger partial charge on any atom is -0.394 e. The standard InChI is InChI=1S/C11H13ClINO3/c1-11(5-15,6-16)14-10(17)7-2-3-9(13)8(12)4-7/h2-4,15-16H,5-6H2,1H3,(H,14,17). The number of aliphatic hydroxyl groups is 2. The van der Waals surface area contributed by atoms with Gasteiger partial charge in [-0.15, -0.1) is 0 Å². The molecule has 0 fully saturated rings. The first-order valence-electron chi connectivity index (χ1n) is 4.91. The fraction of sp³-hybridized carbons (Fsp3) is 0.364. The maximum atomic E-state index is 11.8. The molecule has 0 aliphatic heterocycles. The fourth-order valence-electron chi connectivity index (χ4n) is 1.11. The zero-order valence-corrected chi connectivity index (χ0v) is 12.1. The van der Waals surface area contributed by atoms with E-state index in [0.29, 0.717) is 10.6 Å². The minimum atomic E-state index is -1.04. The van der Waals surface area contributed by atoms with Gasteiger partial charge in [0, 0.05) is 9.13 Å². The number of carbonyl (C=O) groups is 1.